The van der Waals surface area contributed by atoms with Crippen LogP contribution in [0.5, 0.6) is 0 Å². The van der Waals surface area contributed by atoms with Gasteiger partial charge in [0.25, 0.3) is 0 Å². The largest absolute Gasteiger partial charge is 0.319 e. The van der Waals surface area contributed by atoms with Gasteiger partial charge in [-0.2, -0.15) is 0 Å². The Morgan fingerprint density at radius 2 is 2.00 bits per heavy atom. The van der Waals surface area contributed by atoms with Gasteiger partial charge in [0.05, 0.1) is 10.6 Å². The molecule has 0 saturated heterocycles. The van der Waals surface area contributed by atoms with Gasteiger partial charge in [-0.05, 0) is 18.2 Å². The van der Waals surface area contributed by atoms with Gasteiger partial charge in [-0.25, -0.2) is 9.97 Å². The molecule has 0 bridgehead atoms. The van der Waals surface area contributed by atoms with E-state index in [-0.39, 0.29) is 0 Å². The highest BCUT2D eigenvalue weighted by Gasteiger charge is 2.31. The van der Waals surface area contributed by atoms with E-state index in [1.165, 1.54) is 6.33 Å². The lowest BCUT2D eigenvalue weighted by Crippen LogP contribution is -2.26. The number of aliphatic imine (C=N–C) groups is 1. The van der Waals surface area contributed by atoms with Gasteiger partial charge < -0.3 is 4.90 Å². The Morgan fingerprint density at radius 3 is 2.85 bits per heavy atom. The highest BCUT2D eigenvalue weighted by molar-refractivity contribution is 7.81. The molecular weight excluding hydrogens is 268 g/mol. The molecule has 20 heavy (non-hydrogen) atoms. The van der Waals surface area contributed by atoms with Crippen molar-refractivity contribution in [2.75, 3.05) is 11.6 Å². The van der Waals surface area contributed by atoms with E-state index < -0.39 is 0 Å². The maximum absolute atomic E-state index is 5.45. The molecule has 1 aromatic carbocycles. The van der Waals surface area contributed by atoms with E-state index in [9.17, 15) is 0 Å². The summed E-state index contributed by atoms with van der Waals surface area (Å²) in [7, 11) is 0. The van der Waals surface area contributed by atoms with Crippen molar-refractivity contribution in [1.82, 2.24) is 9.97 Å². The molecule has 2 aliphatic rings. The van der Waals surface area contributed by atoms with E-state index >= 15 is 0 Å². The molecule has 0 saturated carbocycles. The number of rotatable bonds is 1. The fourth-order valence-corrected chi connectivity index (χ4v) is 2.76. The topological polar surface area (TPSA) is 41.4 Å². The normalized spacial score (nSPS) is 16.4. The molecule has 0 N–H and O–H groups in total. The monoisotopic (exact) mass is 278 g/mol. The summed E-state index contributed by atoms with van der Waals surface area (Å²) < 4.78 is 0. The van der Waals surface area contributed by atoms with Gasteiger partial charge in [-0.3, -0.25) is 4.99 Å². The zero-order chi connectivity index (χ0) is 13.5. The number of benzene rings is 1. The van der Waals surface area contributed by atoms with Crippen molar-refractivity contribution in [1.29, 1.82) is 0 Å². The molecule has 0 radical (unpaired) electrons. The second-order valence-electron chi connectivity index (χ2n) is 4.59. The Morgan fingerprint density at radius 1 is 1.15 bits per heavy atom. The van der Waals surface area contributed by atoms with E-state index in [4.69, 9.17) is 12.2 Å². The Kier molecular flexibility index (Phi) is 2.47. The second kappa shape index (κ2) is 4.31. The van der Waals surface area contributed by atoms with Crippen LogP contribution in [-0.2, 0) is 0 Å². The quantitative estimate of drug-likeness (QED) is 0.751. The van der Waals surface area contributed by atoms with Gasteiger partial charge in [0, 0.05) is 17.4 Å². The molecule has 2 aromatic rings. The first kappa shape index (κ1) is 11.4. The van der Waals surface area contributed by atoms with Gasteiger partial charge in [0.15, 0.2) is 0 Å². The number of hydrogen-bond donors (Lipinski definition) is 0. The third-order valence-electron chi connectivity index (χ3n) is 3.44. The predicted molar refractivity (Wildman–Crippen MR) is 82.1 cm³/mol. The molecule has 1 aliphatic carbocycles. The number of thiocarbonyl (C=S) groups is 1. The van der Waals surface area contributed by atoms with Crippen LogP contribution in [-0.4, -0.2) is 27.2 Å². The van der Waals surface area contributed by atoms with Crippen LogP contribution in [0, 0.1) is 0 Å². The van der Waals surface area contributed by atoms with Gasteiger partial charge in [-0.15, -0.1) is 0 Å². The maximum Gasteiger partial charge on any atom is 0.116 e. The first-order chi connectivity index (χ1) is 9.84. The second-order valence-corrected chi connectivity index (χ2v) is 5.03. The number of para-hydroxylation sites is 1. The molecule has 1 aromatic heterocycles. The van der Waals surface area contributed by atoms with Crippen molar-refractivity contribution in [3.8, 4) is 0 Å². The molecule has 0 amide bonds. The van der Waals surface area contributed by atoms with Crippen LogP contribution >= 0.6 is 12.2 Å². The Bertz CT molecular complexity index is 764. The van der Waals surface area contributed by atoms with E-state index in [1.807, 2.05) is 24.3 Å². The molecule has 0 spiro atoms. The predicted octanol–water partition coefficient (Wildman–Crippen LogP) is 2.36. The van der Waals surface area contributed by atoms with Crippen molar-refractivity contribution in [3.05, 3.63) is 65.9 Å². The smallest absolute Gasteiger partial charge is 0.116 e. The zero-order valence-corrected chi connectivity index (χ0v) is 11.3. The van der Waals surface area contributed by atoms with Crippen molar-refractivity contribution in [3.63, 3.8) is 0 Å². The maximum atomic E-state index is 5.45. The molecule has 4 rings (SSSR count). The zero-order valence-electron chi connectivity index (χ0n) is 10.5. The fourth-order valence-electron chi connectivity index (χ4n) is 2.50. The molecule has 1 aliphatic heterocycles. The number of hydrogen-bond acceptors (Lipinski definition) is 5. The molecule has 96 valence electrons. The minimum Gasteiger partial charge on any atom is -0.319 e. The minimum atomic E-state index is 0.594. The summed E-state index contributed by atoms with van der Waals surface area (Å²) >= 11 is 5.45. The summed E-state index contributed by atoms with van der Waals surface area (Å²) in [5.41, 5.74) is 4.76. The summed E-state index contributed by atoms with van der Waals surface area (Å²) in [4.78, 5) is 15.9. The number of anilines is 1. The first-order valence-corrected chi connectivity index (χ1v) is 6.69. The number of allylic oxidation sites excluding steroid dienone is 2. The van der Waals surface area contributed by atoms with Crippen LogP contribution in [0.4, 0.5) is 5.69 Å². The van der Waals surface area contributed by atoms with Crippen LogP contribution in [0.15, 0.2) is 59.6 Å². The van der Waals surface area contributed by atoms with Crippen LogP contribution in [0.3, 0.4) is 0 Å². The van der Waals surface area contributed by atoms with E-state index in [1.54, 1.807) is 6.20 Å². The summed E-state index contributed by atoms with van der Waals surface area (Å²) in [5, 5.41) is 0. The van der Waals surface area contributed by atoms with Crippen molar-refractivity contribution in [2.45, 2.75) is 0 Å². The number of nitrogens with zero attached hydrogens (tertiary/aromatic N) is 4. The third kappa shape index (κ3) is 1.60. The van der Waals surface area contributed by atoms with Crippen LogP contribution in [0.25, 0.3) is 0 Å². The lowest BCUT2D eigenvalue weighted by Gasteiger charge is -2.23. The van der Waals surface area contributed by atoms with Crippen molar-refractivity contribution in [2.24, 2.45) is 4.99 Å². The summed E-state index contributed by atoms with van der Waals surface area (Å²) in [6, 6.07) is 10.2. The molecule has 5 heteroatoms. The lowest BCUT2D eigenvalue weighted by molar-refractivity contribution is 1.01. The molecule has 0 unspecified atom stereocenters. The standard InChI is InChI=1S/C15H10N4S/c20-13-6-12-15(14-11(13)7-16-8-17-14)18-9-19(12)10-4-2-1-3-5-10/h1-8H,9H2. The van der Waals surface area contributed by atoms with Gasteiger partial charge >= 0.3 is 0 Å². The van der Waals surface area contributed by atoms with Gasteiger partial charge in [0.2, 0.25) is 0 Å². The van der Waals surface area contributed by atoms with Crippen molar-refractivity contribution >= 4 is 28.5 Å². The van der Waals surface area contributed by atoms with Crippen LogP contribution < -0.4 is 4.90 Å². The SMILES string of the molecule is S=C1C=C2C(=NCN2c2ccccc2)c2ncncc21. The molecule has 4 nitrogen and oxygen atoms in total. The number of aromatic nitrogens is 2. The first-order valence-electron chi connectivity index (χ1n) is 6.28. The molecule has 0 atom stereocenters. The third-order valence-corrected chi connectivity index (χ3v) is 3.78. The molecule has 2 heterocycles. The highest BCUT2D eigenvalue weighted by Crippen LogP contribution is 2.30. The van der Waals surface area contributed by atoms with Crippen LogP contribution in [0.2, 0.25) is 0 Å². The average Bonchev–Trinajstić information content (AvgIpc) is 2.92. The minimum absolute atomic E-state index is 0.594. The molecular formula is C15H10N4S. The van der Waals surface area contributed by atoms with E-state index in [0.717, 1.165) is 33.2 Å². The summed E-state index contributed by atoms with van der Waals surface area (Å²) in [6.07, 6.45) is 5.28. The molecule has 0 fully saturated rings. The number of fused-ring (bicyclic) bond motifs is 3. The Balaban J connectivity index is 1.83. The highest BCUT2D eigenvalue weighted by atomic mass is 32.1. The van der Waals surface area contributed by atoms with E-state index in [0.29, 0.717) is 6.67 Å². The average molecular weight is 278 g/mol. The Hall–Kier alpha value is -2.40. The summed E-state index contributed by atoms with van der Waals surface area (Å²) in [6.45, 7) is 0.594. The van der Waals surface area contributed by atoms with Gasteiger partial charge in [-0.1, -0.05) is 30.4 Å². The van der Waals surface area contributed by atoms with Gasteiger partial charge in [0.1, 0.15) is 24.4 Å². The lowest BCUT2D eigenvalue weighted by atomic mass is 9.99. The Labute approximate surface area is 121 Å². The fraction of sp³-hybridized carbons (Fsp3) is 0.0667. The van der Waals surface area contributed by atoms with Crippen LogP contribution in [0.1, 0.15) is 11.3 Å². The van der Waals surface area contributed by atoms with E-state index in [2.05, 4.69) is 32.0 Å². The van der Waals surface area contributed by atoms with Crippen molar-refractivity contribution < 1.29 is 0 Å². The summed E-state index contributed by atoms with van der Waals surface area (Å²) in [5.74, 6) is 0.